The summed E-state index contributed by atoms with van der Waals surface area (Å²) in [5.74, 6) is 2.94. The molecule has 0 aromatic heterocycles. The van der Waals surface area contributed by atoms with Gasteiger partial charge >= 0.3 is 0 Å². The van der Waals surface area contributed by atoms with Crippen LogP contribution >= 0.6 is 0 Å². The molecule has 1 heteroatoms. The van der Waals surface area contributed by atoms with Gasteiger partial charge in [-0.3, -0.25) is 0 Å². The standard InChI is InChI=1S/C15H29N/c1-3-16-15(12(2)13-10-11-13)14-8-6-4-5-7-9-14/h12-16H,3-11H2,1-2H3. The Kier molecular flexibility index (Phi) is 4.69. The SMILES string of the molecule is CCNC(C1CCCCCC1)C(C)C1CC1. The van der Waals surface area contributed by atoms with Crippen LogP contribution in [0.25, 0.3) is 0 Å². The van der Waals surface area contributed by atoms with Gasteiger partial charge in [-0.25, -0.2) is 0 Å². The van der Waals surface area contributed by atoms with Crippen molar-refractivity contribution in [1.29, 1.82) is 0 Å². The largest absolute Gasteiger partial charge is 0.314 e. The van der Waals surface area contributed by atoms with Crippen molar-refractivity contribution in [2.24, 2.45) is 17.8 Å². The van der Waals surface area contributed by atoms with E-state index in [0.717, 1.165) is 30.3 Å². The fourth-order valence-electron chi connectivity index (χ4n) is 3.60. The van der Waals surface area contributed by atoms with E-state index in [1.165, 1.54) is 51.4 Å². The van der Waals surface area contributed by atoms with E-state index >= 15 is 0 Å². The predicted octanol–water partition coefficient (Wildman–Crippen LogP) is 3.98. The van der Waals surface area contributed by atoms with Crippen LogP contribution in [-0.4, -0.2) is 12.6 Å². The van der Waals surface area contributed by atoms with Crippen molar-refractivity contribution in [1.82, 2.24) is 5.32 Å². The van der Waals surface area contributed by atoms with Gasteiger partial charge in [0.05, 0.1) is 0 Å². The highest BCUT2D eigenvalue weighted by molar-refractivity contribution is 4.90. The quantitative estimate of drug-likeness (QED) is 0.695. The second kappa shape index (κ2) is 6.05. The van der Waals surface area contributed by atoms with E-state index in [9.17, 15) is 0 Å². The van der Waals surface area contributed by atoms with Crippen LogP contribution in [0.4, 0.5) is 0 Å². The van der Waals surface area contributed by atoms with Crippen molar-refractivity contribution in [3.8, 4) is 0 Å². The average Bonchev–Trinajstić information content (AvgIpc) is 3.10. The minimum Gasteiger partial charge on any atom is -0.314 e. The first-order chi connectivity index (χ1) is 7.83. The molecule has 0 heterocycles. The average molecular weight is 223 g/mol. The van der Waals surface area contributed by atoms with Gasteiger partial charge in [0.15, 0.2) is 0 Å². The van der Waals surface area contributed by atoms with Gasteiger partial charge in [0.25, 0.3) is 0 Å². The van der Waals surface area contributed by atoms with Crippen molar-refractivity contribution in [3.63, 3.8) is 0 Å². The second-order valence-electron chi connectivity index (χ2n) is 6.03. The Morgan fingerprint density at radius 2 is 1.56 bits per heavy atom. The molecule has 0 bridgehead atoms. The summed E-state index contributed by atoms with van der Waals surface area (Å²) in [6, 6.07) is 0.815. The summed E-state index contributed by atoms with van der Waals surface area (Å²) in [7, 11) is 0. The van der Waals surface area contributed by atoms with Crippen LogP contribution in [0.5, 0.6) is 0 Å². The van der Waals surface area contributed by atoms with Crippen LogP contribution in [0.3, 0.4) is 0 Å². The summed E-state index contributed by atoms with van der Waals surface area (Å²) in [6.07, 6.45) is 11.9. The molecule has 2 atom stereocenters. The highest BCUT2D eigenvalue weighted by atomic mass is 14.9. The molecule has 2 aliphatic rings. The first-order valence-corrected chi connectivity index (χ1v) is 7.56. The molecule has 0 amide bonds. The van der Waals surface area contributed by atoms with E-state index in [4.69, 9.17) is 0 Å². The number of hydrogen-bond acceptors (Lipinski definition) is 1. The molecule has 2 unspecified atom stereocenters. The number of rotatable bonds is 5. The topological polar surface area (TPSA) is 12.0 Å². The maximum Gasteiger partial charge on any atom is 0.0123 e. The van der Waals surface area contributed by atoms with Gasteiger partial charge in [-0.05, 0) is 50.0 Å². The lowest BCUT2D eigenvalue weighted by Crippen LogP contribution is -2.42. The third-order valence-corrected chi connectivity index (χ3v) is 4.78. The Morgan fingerprint density at radius 1 is 0.938 bits per heavy atom. The normalized spacial score (nSPS) is 27.4. The summed E-state index contributed by atoms with van der Waals surface area (Å²) in [5, 5.41) is 3.80. The predicted molar refractivity (Wildman–Crippen MR) is 70.5 cm³/mol. The van der Waals surface area contributed by atoms with Crippen molar-refractivity contribution >= 4 is 0 Å². The maximum absolute atomic E-state index is 3.80. The summed E-state index contributed by atoms with van der Waals surface area (Å²) in [4.78, 5) is 0. The van der Waals surface area contributed by atoms with E-state index in [1.54, 1.807) is 0 Å². The molecule has 0 aliphatic heterocycles. The summed E-state index contributed by atoms with van der Waals surface area (Å²) >= 11 is 0. The van der Waals surface area contributed by atoms with Crippen LogP contribution < -0.4 is 5.32 Å². The lowest BCUT2D eigenvalue weighted by molar-refractivity contribution is 0.232. The van der Waals surface area contributed by atoms with Crippen LogP contribution in [0.1, 0.15) is 65.2 Å². The fraction of sp³-hybridized carbons (Fsp3) is 1.00. The second-order valence-corrected chi connectivity index (χ2v) is 6.03. The van der Waals surface area contributed by atoms with Gasteiger partial charge in [0, 0.05) is 6.04 Å². The molecule has 2 aliphatic carbocycles. The van der Waals surface area contributed by atoms with Gasteiger partial charge in [0.1, 0.15) is 0 Å². The van der Waals surface area contributed by atoms with Gasteiger partial charge in [-0.15, -0.1) is 0 Å². The third-order valence-electron chi connectivity index (χ3n) is 4.78. The first kappa shape index (κ1) is 12.4. The molecule has 2 rings (SSSR count). The van der Waals surface area contributed by atoms with Gasteiger partial charge in [-0.1, -0.05) is 39.5 Å². The Bertz CT molecular complexity index is 190. The zero-order valence-electron chi connectivity index (χ0n) is 11.2. The monoisotopic (exact) mass is 223 g/mol. The highest BCUT2D eigenvalue weighted by Crippen LogP contribution is 2.41. The zero-order valence-corrected chi connectivity index (χ0v) is 11.2. The van der Waals surface area contributed by atoms with Crippen LogP contribution in [-0.2, 0) is 0 Å². The van der Waals surface area contributed by atoms with Crippen molar-refractivity contribution in [2.75, 3.05) is 6.54 Å². The molecule has 1 nitrogen and oxygen atoms in total. The Morgan fingerprint density at radius 3 is 2.06 bits per heavy atom. The lowest BCUT2D eigenvalue weighted by atomic mass is 9.82. The molecule has 16 heavy (non-hydrogen) atoms. The Balaban J connectivity index is 1.92. The zero-order chi connectivity index (χ0) is 11.4. The molecule has 0 spiro atoms. The Labute approximate surface area is 101 Å². The van der Waals surface area contributed by atoms with Crippen molar-refractivity contribution in [3.05, 3.63) is 0 Å². The third kappa shape index (κ3) is 3.23. The minimum atomic E-state index is 0.815. The minimum absolute atomic E-state index is 0.815. The summed E-state index contributed by atoms with van der Waals surface area (Å²) in [5.41, 5.74) is 0. The van der Waals surface area contributed by atoms with E-state index in [0.29, 0.717) is 0 Å². The Hall–Kier alpha value is -0.0400. The summed E-state index contributed by atoms with van der Waals surface area (Å²) < 4.78 is 0. The van der Waals surface area contributed by atoms with Crippen molar-refractivity contribution < 1.29 is 0 Å². The summed E-state index contributed by atoms with van der Waals surface area (Å²) in [6.45, 7) is 5.91. The fourth-order valence-corrected chi connectivity index (χ4v) is 3.60. The molecule has 0 radical (unpaired) electrons. The van der Waals surface area contributed by atoms with E-state index in [-0.39, 0.29) is 0 Å². The molecule has 94 valence electrons. The molecule has 0 aromatic carbocycles. The van der Waals surface area contributed by atoms with E-state index in [1.807, 2.05) is 0 Å². The number of nitrogens with one attached hydrogen (secondary N) is 1. The molecular formula is C15H29N. The molecule has 1 N–H and O–H groups in total. The molecule has 0 saturated heterocycles. The van der Waals surface area contributed by atoms with E-state index in [2.05, 4.69) is 19.2 Å². The van der Waals surface area contributed by atoms with Crippen molar-refractivity contribution in [2.45, 2.75) is 71.3 Å². The van der Waals surface area contributed by atoms with E-state index < -0.39 is 0 Å². The van der Waals surface area contributed by atoms with Crippen LogP contribution in [0, 0.1) is 17.8 Å². The van der Waals surface area contributed by atoms with Crippen LogP contribution in [0.2, 0.25) is 0 Å². The maximum atomic E-state index is 3.80. The van der Waals surface area contributed by atoms with Crippen LogP contribution in [0.15, 0.2) is 0 Å². The molecule has 0 aromatic rings. The molecule has 2 fully saturated rings. The smallest absolute Gasteiger partial charge is 0.0123 e. The first-order valence-electron chi connectivity index (χ1n) is 7.56. The van der Waals surface area contributed by atoms with Gasteiger partial charge in [-0.2, -0.15) is 0 Å². The van der Waals surface area contributed by atoms with Gasteiger partial charge in [0.2, 0.25) is 0 Å². The highest BCUT2D eigenvalue weighted by Gasteiger charge is 2.36. The lowest BCUT2D eigenvalue weighted by Gasteiger charge is -2.32. The number of hydrogen-bond donors (Lipinski definition) is 1. The molecule has 2 saturated carbocycles. The van der Waals surface area contributed by atoms with Gasteiger partial charge < -0.3 is 5.32 Å². The molecular weight excluding hydrogens is 194 g/mol.